The fourth-order valence-electron chi connectivity index (χ4n) is 2.30. The summed E-state index contributed by atoms with van der Waals surface area (Å²) in [6.45, 7) is -0.329. The van der Waals surface area contributed by atoms with E-state index in [1.807, 2.05) is 0 Å². The molecule has 5 atom stereocenters. The molecule has 1 saturated heterocycles. The highest BCUT2D eigenvalue weighted by Crippen LogP contribution is 2.32. The van der Waals surface area contributed by atoms with E-state index >= 15 is 0 Å². The maximum Gasteiger partial charge on any atom is 0.694 e. The molecule has 1 aliphatic rings. The van der Waals surface area contributed by atoms with Crippen LogP contribution in [0.15, 0.2) is 12.7 Å². The summed E-state index contributed by atoms with van der Waals surface area (Å²) in [4.78, 5) is 19.5. The van der Waals surface area contributed by atoms with E-state index in [1.54, 1.807) is 0 Å². The molecule has 1 fully saturated rings. The zero-order valence-corrected chi connectivity index (χ0v) is 12.6. The number of aromatic nitrogens is 4. The molecular formula is C10H12N4O6PS+. The molecular weight excluding hydrogens is 335 g/mol. The van der Waals surface area contributed by atoms with Crippen molar-refractivity contribution in [3.8, 4) is 0 Å². The first-order valence-corrected chi connectivity index (χ1v) is 7.73. The summed E-state index contributed by atoms with van der Waals surface area (Å²) in [5.74, 6) is 0. The van der Waals surface area contributed by atoms with Crippen molar-refractivity contribution in [3.05, 3.63) is 17.3 Å². The lowest BCUT2D eigenvalue weighted by atomic mass is 10.1. The summed E-state index contributed by atoms with van der Waals surface area (Å²) in [6, 6.07) is 0. The van der Waals surface area contributed by atoms with Gasteiger partial charge in [0.1, 0.15) is 36.1 Å². The lowest BCUT2D eigenvalue weighted by Gasteiger charge is -2.16. The molecule has 2 aromatic rings. The first kappa shape index (κ1) is 15.6. The minimum absolute atomic E-state index is 0.290. The first-order valence-electron chi connectivity index (χ1n) is 6.20. The van der Waals surface area contributed by atoms with Crippen molar-refractivity contribution in [2.24, 2.45) is 0 Å². The zero-order chi connectivity index (χ0) is 15.9. The van der Waals surface area contributed by atoms with Crippen LogP contribution < -0.4 is 0 Å². The van der Waals surface area contributed by atoms with Crippen LogP contribution in [-0.4, -0.2) is 59.5 Å². The Morgan fingerprint density at radius 2 is 2.23 bits per heavy atom. The number of nitrogens with one attached hydrogen (secondary N) is 1. The average Bonchev–Trinajstić information content (AvgIpc) is 3.01. The second-order valence-electron chi connectivity index (χ2n) is 4.64. The van der Waals surface area contributed by atoms with Crippen LogP contribution >= 0.6 is 20.5 Å². The molecule has 0 spiro atoms. The number of fused-ring (bicyclic) bond motifs is 1. The van der Waals surface area contributed by atoms with Gasteiger partial charge in [-0.25, -0.2) is 9.97 Å². The van der Waals surface area contributed by atoms with Gasteiger partial charge in [0.05, 0.1) is 12.7 Å². The lowest BCUT2D eigenvalue weighted by Crippen LogP contribution is -2.33. The van der Waals surface area contributed by atoms with Crippen LogP contribution in [-0.2, 0) is 13.8 Å². The molecule has 0 aliphatic carbocycles. The number of rotatable bonds is 4. The highest BCUT2D eigenvalue weighted by molar-refractivity contribution is 7.71. The predicted octanol–water partition coefficient (Wildman–Crippen LogP) is -0.226. The molecule has 0 aromatic carbocycles. The van der Waals surface area contributed by atoms with Crippen molar-refractivity contribution in [2.45, 2.75) is 24.5 Å². The maximum absolute atomic E-state index is 10.6. The van der Waals surface area contributed by atoms with Crippen molar-refractivity contribution >= 4 is 31.6 Å². The number of ether oxygens (including phenoxy) is 1. The third-order valence-corrected chi connectivity index (χ3v) is 4.01. The van der Waals surface area contributed by atoms with Crippen LogP contribution in [0.5, 0.6) is 0 Å². The van der Waals surface area contributed by atoms with Crippen molar-refractivity contribution in [3.63, 3.8) is 0 Å². The van der Waals surface area contributed by atoms with Gasteiger partial charge in [-0.3, -0.25) is 4.57 Å². The second-order valence-corrected chi connectivity index (χ2v) is 5.76. The summed E-state index contributed by atoms with van der Waals surface area (Å²) in [5.41, 5.74) is 0.909. The van der Waals surface area contributed by atoms with E-state index in [4.69, 9.17) is 21.8 Å². The van der Waals surface area contributed by atoms with Crippen molar-refractivity contribution in [1.29, 1.82) is 0 Å². The molecule has 4 N–H and O–H groups in total. The van der Waals surface area contributed by atoms with E-state index in [0.29, 0.717) is 11.2 Å². The number of aliphatic hydroxyl groups excluding tert-OH is 2. The van der Waals surface area contributed by atoms with Crippen LogP contribution in [0.25, 0.3) is 11.2 Å². The van der Waals surface area contributed by atoms with E-state index in [9.17, 15) is 14.8 Å². The summed E-state index contributed by atoms with van der Waals surface area (Å²) in [7, 11) is -2.81. The van der Waals surface area contributed by atoms with Gasteiger partial charge in [-0.15, -0.1) is 9.42 Å². The number of aliphatic hydroxyl groups is 2. The first-order chi connectivity index (χ1) is 10.5. The topological polar surface area (TPSA) is 143 Å². The standard InChI is InChI=1S/C10H11N4O6PS/c15-6-4(1-19-21(17)18)20-10(7(6)16)14-3-13-5-8(14)11-2-12-9(5)22/h2-4,6-7,10,15-16H,1H2,(H-,11,12,17,18,22)/p+1/t4-,6-,7-,10-/m1/s1. The largest absolute Gasteiger partial charge is 0.694 e. The molecule has 2 aromatic heterocycles. The molecule has 3 rings (SSSR count). The molecule has 22 heavy (non-hydrogen) atoms. The number of imidazole rings is 1. The molecule has 0 amide bonds. The van der Waals surface area contributed by atoms with E-state index in [2.05, 4.69) is 19.5 Å². The van der Waals surface area contributed by atoms with E-state index in [1.165, 1.54) is 17.2 Å². The molecule has 1 aliphatic heterocycles. The van der Waals surface area contributed by atoms with Gasteiger partial charge < -0.3 is 19.9 Å². The highest BCUT2D eigenvalue weighted by atomic mass is 32.1. The number of aromatic amines is 1. The zero-order valence-electron chi connectivity index (χ0n) is 10.9. The molecule has 12 heteroatoms. The van der Waals surface area contributed by atoms with Crippen molar-refractivity contribution in [1.82, 2.24) is 19.5 Å². The van der Waals surface area contributed by atoms with Gasteiger partial charge >= 0.3 is 8.25 Å². The Balaban J connectivity index is 1.89. The monoisotopic (exact) mass is 347 g/mol. The Kier molecular flexibility index (Phi) is 4.28. The number of H-pyrrole nitrogens is 1. The molecule has 10 nitrogen and oxygen atoms in total. The Morgan fingerprint density at radius 3 is 2.95 bits per heavy atom. The molecule has 1 unspecified atom stereocenters. The van der Waals surface area contributed by atoms with Crippen molar-refractivity contribution < 1.29 is 28.9 Å². The molecule has 0 bridgehead atoms. The van der Waals surface area contributed by atoms with Gasteiger partial charge in [0.15, 0.2) is 10.9 Å². The summed E-state index contributed by atoms with van der Waals surface area (Å²) in [5, 5.41) is 20.1. The van der Waals surface area contributed by atoms with E-state index in [0.717, 1.165) is 0 Å². The SMILES string of the molecule is O=[P+](O)OC[C@H]1O[C@@H](n2cnc3c(=S)nc[nH]c32)[C@H](O)[C@@H]1O. The molecule has 3 heterocycles. The van der Waals surface area contributed by atoms with Gasteiger partial charge in [-0.05, 0) is 0 Å². The third kappa shape index (κ3) is 2.68. The fraction of sp³-hybridized carbons (Fsp3) is 0.500. The van der Waals surface area contributed by atoms with E-state index in [-0.39, 0.29) is 11.2 Å². The van der Waals surface area contributed by atoms with Crippen LogP contribution in [0.4, 0.5) is 0 Å². The number of hydrogen-bond acceptors (Lipinski definition) is 8. The Bertz CT molecular complexity index is 765. The predicted molar refractivity (Wildman–Crippen MR) is 74.4 cm³/mol. The number of nitrogens with zero attached hydrogens (tertiary/aromatic N) is 3. The molecule has 118 valence electrons. The maximum atomic E-state index is 10.6. The molecule has 0 saturated carbocycles. The van der Waals surface area contributed by atoms with Crippen molar-refractivity contribution in [2.75, 3.05) is 6.61 Å². The third-order valence-electron chi connectivity index (χ3n) is 3.34. The van der Waals surface area contributed by atoms with Crippen LogP contribution in [0.2, 0.25) is 0 Å². The van der Waals surface area contributed by atoms with Crippen LogP contribution in [0, 0.1) is 4.64 Å². The lowest BCUT2D eigenvalue weighted by molar-refractivity contribution is -0.0476. The van der Waals surface area contributed by atoms with Gasteiger partial charge in [0, 0.05) is 4.57 Å². The van der Waals surface area contributed by atoms with E-state index < -0.39 is 32.8 Å². The summed E-state index contributed by atoms with van der Waals surface area (Å²) >= 11 is 5.05. The smallest absolute Gasteiger partial charge is 0.387 e. The summed E-state index contributed by atoms with van der Waals surface area (Å²) < 4.78 is 22.4. The molecule has 0 radical (unpaired) electrons. The van der Waals surface area contributed by atoms with Crippen LogP contribution in [0.1, 0.15) is 6.23 Å². The minimum Gasteiger partial charge on any atom is -0.387 e. The highest BCUT2D eigenvalue weighted by Gasteiger charge is 2.45. The van der Waals surface area contributed by atoms with Gasteiger partial charge in [0.25, 0.3) is 0 Å². The van der Waals surface area contributed by atoms with Gasteiger partial charge in [-0.2, -0.15) is 0 Å². The summed E-state index contributed by atoms with van der Waals surface area (Å²) in [6.07, 6.45) is -1.65. The Hall–Kier alpha value is -1.33. The van der Waals surface area contributed by atoms with Gasteiger partial charge in [0.2, 0.25) is 0 Å². The van der Waals surface area contributed by atoms with Crippen LogP contribution in [0.3, 0.4) is 0 Å². The second kappa shape index (κ2) is 6.05. The quantitative estimate of drug-likeness (QED) is 0.436. The average molecular weight is 347 g/mol. The Morgan fingerprint density at radius 1 is 1.45 bits per heavy atom. The Labute approximate surface area is 129 Å². The number of hydrogen-bond donors (Lipinski definition) is 4. The van der Waals surface area contributed by atoms with Gasteiger partial charge in [-0.1, -0.05) is 12.2 Å². The minimum atomic E-state index is -2.81. The normalized spacial score (nSPS) is 29.1. The fourth-order valence-corrected chi connectivity index (χ4v) is 2.78.